The molecule has 1 heterocycles. The lowest BCUT2D eigenvalue weighted by Gasteiger charge is -2.17. The molecule has 1 aromatic rings. The standard InChI is InChI=1S/C10H14F3N3O2S/c1-16(5-4-10(11,12)13)19(17,18)9-3-2-8(6-14)7-15-9/h2-3,7H,4-6,14H2,1H3. The molecule has 9 heteroatoms. The Morgan fingerprint density at radius 2 is 2.00 bits per heavy atom. The number of nitrogens with two attached hydrogens (primary N) is 1. The van der Waals surface area contributed by atoms with Gasteiger partial charge in [-0.25, -0.2) is 13.4 Å². The van der Waals surface area contributed by atoms with Gasteiger partial charge in [-0.05, 0) is 11.6 Å². The third kappa shape index (κ3) is 4.44. The molecular weight excluding hydrogens is 283 g/mol. The highest BCUT2D eigenvalue weighted by Crippen LogP contribution is 2.21. The van der Waals surface area contributed by atoms with Gasteiger partial charge in [0.2, 0.25) is 0 Å². The summed E-state index contributed by atoms with van der Waals surface area (Å²) in [6, 6.07) is 2.69. The predicted molar refractivity (Wildman–Crippen MR) is 62.6 cm³/mol. The molecule has 0 saturated heterocycles. The van der Waals surface area contributed by atoms with E-state index in [-0.39, 0.29) is 11.6 Å². The second-order valence-electron chi connectivity index (χ2n) is 3.90. The van der Waals surface area contributed by atoms with Gasteiger partial charge >= 0.3 is 6.18 Å². The van der Waals surface area contributed by atoms with Crippen LogP contribution in [0.1, 0.15) is 12.0 Å². The van der Waals surface area contributed by atoms with Crippen molar-refractivity contribution in [2.24, 2.45) is 5.73 Å². The number of hydrogen-bond acceptors (Lipinski definition) is 4. The molecule has 0 fully saturated rings. The molecule has 108 valence electrons. The number of sulfonamides is 1. The zero-order chi connectivity index (χ0) is 14.7. The van der Waals surface area contributed by atoms with Gasteiger partial charge in [-0.1, -0.05) is 6.07 Å². The first kappa shape index (κ1) is 15.9. The summed E-state index contributed by atoms with van der Waals surface area (Å²) in [6.07, 6.45) is -4.32. The first-order valence-corrected chi connectivity index (χ1v) is 6.79. The van der Waals surface area contributed by atoms with Crippen LogP contribution in [0.3, 0.4) is 0 Å². The fraction of sp³-hybridized carbons (Fsp3) is 0.500. The van der Waals surface area contributed by atoms with E-state index in [1.54, 1.807) is 0 Å². The van der Waals surface area contributed by atoms with Crippen molar-refractivity contribution < 1.29 is 21.6 Å². The van der Waals surface area contributed by atoms with Crippen LogP contribution >= 0.6 is 0 Å². The van der Waals surface area contributed by atoms with Gasteiger partial charge in [0.15, 0.2) is 5.03 Å². The highest BCUT2D eigenvalue weighted by Gasteiger charge is 2.30. The summed E-state index contributed by atoms with van der Waals surface area (Å²) < 4.78 is 60.6. The molecule has 0 amide bonds. The lowest BCUT2D eigenvalue weighted by molar-refractivity contribution is -0.135. The van der Waals surface area contributed by atoms with Crippen LogP contribution in [-0.4, -0.2) is 37.5 Å². The molecule has 0 radical (unpaired) electrons. The molecule has 1 aromatic heterocycles. The van der Waals surface area contributed by atoms with Gasteiger partial charge in [-0.3, -0.25) is 0 Å². The van der Waals surface area contributed by atoms with Crippen LogP contribution in [0.15, 0.2) is 23.4 Å². The predicted octanol–water partition coefficient (Wildman–Crippen LogP) is 1.11. The van der Waals surface area contributed by atoms with E-state index >= 15 is 0 Å². The fourth-order valence-corrected chi connectivity index (χ4v) is 2.33. The number of halogens is 3. The molecule has 0 saturated carbocycles. The largest absolute Gasteiger partial charge is 0.390 e. The van der Waals surface area contributed by atoms with Gasteiger partial charge in [0.25, 0.3) is 10.0 Å². The molecule has 0 unspecified atom stereocenters. The van der Waals surface area contributed by atoms with Crippen LogP contribution < -0.4 is 5.73 Å². The molecule has 0 spiro atoms. The maximum absolute atomic E-state index is 12.1. The first-order chi connectivity index (χ1) is 8.66. The first-order valence-electron chi connectivity index (χ1n) is 5.35. The number of nitrogens with zero attached hydrogens (tertiary/aromatic N) is 2. The molecule has 0 aromatic carbocycles. The van der Waals surface area contributed by atoms with E-state index in [9.17, 15) is 21.6 Å². The Kier molecular flexibility index (Phi) is 4.88. The molecule has 0 aliphatic carbocycles. The maximum atomic E-state index is 12.1. The topological polar surface area (TPSA) is 76.3 Å². The fourth-order valence-electron chi connectivity index (χ4n) is 1.25. The zero-order valence-electron chi connectivity index (χ0n) is 10.2. The Morgan fingerprint density at radius 3 is 2.42 bits per heavy atom. The summed E-state index contributed by atoms with van der Waals surface area (Å²) in [6.45, 7) is -0.441. The molecule has 0 aliphatic rings. The zero-order valence-corrected chi connectivity index (χ0v) is 11.0. The van der Waals surface area contributed by atoms with Gasteiger partial charge in [0.1, 0.15) is 0 Å². The second kappa shape index (κ2) is 5.85. The molecule has 0 bridgehead atoms. The molecule has 5 nitrogen and oxygen atoms in total. The van der Waals surface area contributed by atoms with Crippen molar-refractivity contribution in [1.29, 1.82) is 0 Å². The summed E-state index contributed by atoms with van der Waals surface area (Å²) in [7, 11) is -2.92. The van der Waals surface area contributed by atoms with Crippen molar-refractivity contribution in [2.45, 2.75) is 24.2 Å². The lowest BCUT2D eigenvalue weighted by Crippen LogP contribution is -2.31. The van der Waals surface area contributed by atoms with Crippen LogP contribution in [0.25, 0.3) is 0 Å². The smallest absolute Gasteiger partial charge is 0.326 e. The average molecular weight is 297 g/mol. The molecule has 19 heavy (non-hydrogen) atoms. The third-order valence-electron chi connectivity index (χ3n) is 2.42. The number of aromatic nitrogens is 1. The molecule has 0 aliphatic heterocycles. The second-order valence-corrected chi connectivity index (χ2v) is 5.89. The summed E-state index contributed by atoms with van der Waals surface area (Å²) in [4.78, 5) is 3.70. The number of pyridine rings is 1. The molecule has 0 atom stereocenters. The Bertz CT molecular complexity index is 514. The van der Waals surface area contributed by atoms with E-state index in [1.165, 1.54) is 18.3 Å². The van der Waals surface area contributed by atoms with Gasteiger partial charge in [0, 0.05) is 26.3 Å². The van der Waals surface area contributed by atoms with Crippen LogP contribution in [0.4, 0.5) is 13.2 Å². The number of rotatable bonds is 5. The van der Waals surface area contributed by atoms with E-state index in [2.05, 4.69) is 4.98 Å². The van der Waals surface area contributed by atoms with E-state index in [1.807, 2.05) is 0 Å². The third-order valence-corrected chi connectivity index (χ3v) is 4.19. The Balaban J connectivity index is 2.84. The summed E-state index contributed by atoms with van der Waals surface area (Å²) in [5.41, 5.74) is 5.98. The summed E-state index contributed by atoms with van der Waals surface area (Å²) in [5, 5.41) is -0.297. The van der Waals surface area contributed by atoms with Crippen LogP contribution in [0, 0.1) is 0 Å². The summed E-state index contributed by atoms with van der Waals surface area (Å²) in [5.74, 6) is 0. The molecule has 1 rings (SSSR count). The maximum Gasteiger partial charge on any atom is 0.390 e. The van der Waals surface area contributed by atoms with Crippen molar-refractivity contribution >= 4 is 10.0 Å². The number of alkyl halides is 3. The Hall–Kier alpha value is -1.19. The van der Waals surface area contributed by atoms with Gasteiger partial charge in [0.05, 0.1) is 6.42 Å². The summed E-state index contributed by atoms with van der Waals surface area (Å²) >= 11 is 0. The Morgan fingerprint density at radius 1 is 1.37 bits per heavy atom. The van der Waals surface area contributed by atoms with Crippen LogP contribution in [0.5, 0.6) is 0 Å². The minimum Gasteiger partial charge on any atom is -0.326 e. The monoisotopic (exact) mass is 297 g/mol. The average Bonchev–Trinajstić information content (AvgIpc) is 2.35. The molecular formula is C10H14F3N3O2S. The SMILES string of the molecule is CN(CCC(F)(F)F)S(=O)(=O)c1ccc(CN)cn1. The lowest BCUT2D eigenvalue weighted by atomic mass is 10.3. The van der Waals surface area contributed by atoms with E-state index in [0.717, 1.165) is 7.05 Å². The minimum absolute atomic E-state index is 0.206. The van der Waals surface area contributed by atoms with Gasteiger partial charge < -0.3 is 5.73 Å². The van der Waals surface area contributed by atoms with E-state index in [4.69, 9.17) is 5.73 Å². The normalized spacial score (nSPS) is 12.9. The van der Waals surface area contributed by atoms with Crippen molar-refractivity contribution in [3.05, 3.63) is 23.9 Å². The van der Waals surface area contributed by atoms with Gasteiger partial charge in [-0.2, -0.15) is 17.5 Å². The van der Waals surface area contributed by atoms with Crippen molar-refractivity contribution in [1.82, 2.24) is 9.29 Å². The Labute approximate surface area is 109 Å². The highest BCUT2D eigenvalue weighted by atomic mass is 32.2. The van der Waals surface area contributed by atoms with Crippen molar-refractivity contribution in [3.63, 3.8) is 0 Å². The van der Waals surface area contributed by atoms with Crippen molar-refractivity contribution in [3.8, 4) is 0 Å². The van der Waals surface area contributed by atoms with Crippen LogP contribution in [0.2, 0.25) is 0 Å². The van der Waals surface area contributed by atoms with E-state index in [0.29, 0.717) is 9.87 Å². The quantitative estimate of drug-likeness (QED) is 0.883. The number of hydrogen-bond donors (Lipinski definition) is 1. The van der Waals surface area contributed by atoms with Crippen LogP contribution in [-0.2, 0) is 16.6 Å². The van der Waals surface area contributed by atoms with E-state index < -0.39 is 29.2 Å². The van der Waals surface area contributed by atoms with Gasteiger partial charge in [-0.15, -0.1) is 0 Å². The minimum atomic E-state index is -4.40. The molecule has 2 N–H and O–H groups in total. The highest BCUT2D eigenvalue weighted by molar-refractivity contribution is 7.89. The van der Waals surface area contributed by atoms with Crippen molar-refractivity contribution in [2.75, 3.05) is 13.6 Å².